The molecule has 3 aromatic rings. The molecule has 1 aliphatic rings. The summed E-state index contributed by atoms with van der Waals surface area (Å²) in [6, 6.07) is 7.48. The SMILES string of the molecule is COc1cccc(-n2c(SCC(=O)NC(C)C)nc3sc4c(c3c2=O)CCCCC4)c1. The number of fused-ring (bicyclic) bond motifs is 3. The highest BCUT2D eigenvalue weighted by molar-refractivity contribution is 7.99. The molecule has 8 heteroatoms. The molecule has 1 N–H and O–H groups in total. The van der Waals surface area contributed by atoms with Gasteiger partial charge in [-0.2, -0.15) is 0 Å². The molecule has 0 bridgehead atoms. The second kappa shape index (κ2) is 9.44. The van der Waals surface area contributed by atoms with Gasteiger partial charge in [-0.1, -0.05) is 24.2 Å². The van der Waals surface area contributed by atoms with Crippen LogP contribution in [0.5, 0.6) is 5.75 Å². The number of benzene rings is 1. The predicted molar refractivity (Wildman–Crippen MR) is 127 cm³/mol. The summed E-state index contributed by atoms with van der Waals surface area (Å²) >= 11 is 2.92. The maximum Gasteiger partial charge on any atom is 0.267 e. The van der Waals surface area contributed by atoms with Gasteiger partial charge in [0.05, 0.1) is 23.9 Å². The van der Waals surface area contributed by atoms with Crippen molar-refractivity contribution in [3.8, 4) is 11.4 Å². The molecule has 0 atom stereocenters. The zero-order chi connectivity index (χ0) is 22.0. The van der Waals surface area contributed by atoms with Crippen molar-refractivity contribution >= 4 is 39.2 Å². The van der Waals surface area contributed by atoms with Crippen LogP contribution < -0.4 is 15.6 Å². The van der Waals surface area contributed by atoms with E-state index in [0.29, 0.717) is 16.6 Å². The minimum Gasteiger partial charge on any atom is -0.497 e. The van der Waals surface area contributed by atoms with E-state index in [1.807, 2.05) is 38.1 Å². The standard InChI is InChI=1S/C23H27N3O3S2/c1-14(2)24-19(27)13-30-23-25-21-20(17-10-5-4-6-11-18(17)31-21)22(28)26(23)15-8-7-9-16(12-15)29-3/h7-9,12,14H,4-6,10-11,13H2,1-3H3,(H,24,27). The van der Waals surface area contributed by atoms with Crippen LogP contribution in [0, 0.1) is 0 Å². The summed E-state index contributed by atoms with van der Waals surface area (Å²) in [7, 11) is 1.61. The van der Waals surface area contributed by atoms with Gasteiger partial charge in [0, 0.05) is 17.0 Å². The summed E-state index contributed by atoms with van der Waals surface area (Å²) in [5.41, 5.74) is 1.80. The van der Waals surface area contributed by atoms with Crippen LogP contribution in [0.2, 0.25) is 0 Å². The first-order chi connectivity index (χ1) is 15.0. The smallest absolute Gasteiger partial charge is 0.267 e. The molecule has 0 unspecified atom stereocenters. The normalized spacial score (nSPS) is 13.8. The van der Waals surface area contributed by atoms with Crippen molar-refractivity contribution in [3.05, 3.63) is 45.1 Å². The number of thiophene rings is 1. The van der Waals surface area contributed by atoms with E-state index >= 15 is 0 Å². The topological polar surface area (TPSA) is 73.2 Å². The predicted octanol–water partition coefficient (Wildman–Crippen LogP) is 4.34. The Bertz CT molecular complexity index is 1170. The lowest BCUT2D eigenvalue weighted by molar-refractivity contribution is -0.119. The summed E-state index contributed by atoms with van der Waals surface area (Å²) in [5, 5.41) is 4.16. The number of hydrogen-bond donors (Lipinski definition) is 1. The molecule has 164 valence electrons. The second-order valence-electron chi connectivity index (χ2n) is 7.99. The molecule has 0 saturated heterocycles. The fourth-order valence-corrected chi connectivity index (χ4v) is 6.06. The molecule has 31 heavy (non-hydrogen) atoms. The average Bonchev–Trinajstić information content (AvgIpc) is 2.93. The van der Waals surface area contributed by atoms with Crippen LogP contribution in [0.3, 0.4) is 0 Å². The van der Waals surface area contributed by atoms with E-state index in [1.165, 1.54) is 28.6 Å². The van der Waals surface area contributed by atoms with Crippen LogP contribution >= 0.6 is 23.1 Å². The van der Waals surface area contributed by atoms with Crippen LogP contribution in [0.15, 0.2) is 34.2 Å². The van der Waals surface area contributed by atoms with E-state index < -0.39 is 0 Å². The van der Waals surface area contributed by atoms with Crippen LogP contribution in [-0.4, -0.2) is 34.4 Å². The number of ether oxygens (including phenoxy) is 1. The Morgan fingerprint density at radius 3 is 2.87 bits per heavy atom. The number of amides is 1. The lowest BCUT2D eigenvalue weighted by Crippen LogP contribution is -2.32. The molecule has 1 aromatic carbocycles. The Kier molecular flexibility index (Phi) is 6.67. The third-order valence-electron chi connectivity index (χ3n) is 5.30. The van der Waals surface area contributed by atoms with Gasteiger partial charge in [-0.05, 0) is 57.2 Å². The van der Waals surface area contributed by atoms with E-state index in [2.05, 4.69) is 5.32 Å². The molecule has 0 radical (unpaired) electrons. The van der Waals surface area contributed by atoms with Crippen molar-refractivity contribution in [1.29, 1.82) is 0 Å². The number of aryl methyl sites for hydroxylation is 2. The Hall–Kier alpha value is -2.32. The number of rotatable bonds is 6. The Labute approximate surface area is 190 Å². The highest BCUT2D eigenvalue weighted by Crippen LogP contribution is 2.34. The van der Waals surface area contributed by atoms with Gasteiger partial charge in [0.1, 0.15) is 10.6 Å². The quantitative estimate of drug-likeness (QED) is 0.339. The summed E-state index contributed by atoms with van der Waals surface area (Å²) in [6.07, 6.45) is 5.38. The number of hydrogen-bond acceptors (Lipinski definition) is 6. The highest BCUT2D eigenvalue weighted by atomic mass is 32.2. The number of methoxy groups -OCH3 is 1. The number of carbonyl (C=O) groups is 1. The molecule has 0 fully saturated rings. The zero-order valence-electron chi connectivity index (χ0n) is 18.1. The van der Waals surface area contributed by atoms with Gasteiger partial charge in [0.15, 0.2) is 5.16 Å². The van der Waals surface area contributed by atoms with E-state index in [1.54, 1.807) is 23.0 Å². The fraction of sp³-hybridized carbons (Fsp3) is 0.435. The van der Waals surface area contributed by atoms with Crippen molar-refractivity contribution in [1.82, 2.24) is 14.9 Å². The second-order valence-corrected chi connectivity index (χ2v) is 10.0. The van der Waals surface area contributed by atoms with E-state index in [0.717, 1.165) is 35.9 Å². The molecule has 1 amide bonds. The maximum absolute atomic E-state index is 13.8. The Morgan fingerprint density at radius 1 is 1.29 bits per heavy atom. The molecular formula is C23H27N3O3S2. The third kappa shape index (κ3) is 4.65. The molecule has 0 spiro atoms. The third-order valence-corrected chi connectivity index (χ3v) is 7.43. The van der Waals surface area contributed by atoms with E-state index in [9.17, 15) is 9.59 Å². The van der Waals surface area contributed by atoms with Crippen LogP contribution in [-0.2, 0) is 17.6 Å². The largest absolute Gasteiger partial charge is 0.497 e. The number of thioether (sulfide) groups is 1. The first-order valence-electron chi connectivity index (χ1n) is 10.6. The van der Waals surface area contributed by atoms with E-state index in [4.69, 9.17) is 9.72 Å². The summed E-state index contributed by atoms with van der Waals surface area (Å²) in [4.78, 5) is 33.0. The van der Waals surface area contributed by atoms with Gasteiger partial charge in [-0.15, -0.1) is 11.3 Å². The fourth-order valence-electron chi connectivity index (χ4n) is 3.93. The van der Waals surface area contributed by atoms with Gasteiger partial charge in [-0.3, -0.25) is 14.2 Å². The molecule has 2 aromatic heterocycles. The summed E-state index contributed by atoms with van der Waals surface area (Å²) in [6.45, 7) is 3.86. The lowest BCUT2D eigenvalue weighted by Gasteiger charge is -2.14. The van der Waals surface area contributed by atoms with Crippen molar-refractivity contribution in [2.75, 3.05) is 12.9 Å². The Balaban J connectivity index is 1.85. The average molecular weight is 458 g/mol. The molecule has 0 aliphatic heterocycles. The number of aromatic nitrogens is 2. The van der Waals surface area contributed by atoms with Crippen molar-refractivity contribution in [3.63, 3.8) is 0 Å². The van der Waals surface area contributed by atoms with Crippen molar-refractivity contribution in [2.24, 2.45) is 0 Å². The summed E-state index contributed by atoms with van der Waals surface area (Å²) < 4.78 is 7.01. The molecule has 2 heterocycles. The van der Waals surface area contributed by atoms with Crippen molar-refractivity contribution in [2.45, 2.75) is 57.1 Å². The molecule has 0 saturated carbocycles. The van der Waals surface area contributed by atoms with Crippen LogP contribution in [0.1, 0.15) is 43.6 Å². The molecule has 4 rings (SSSR count). The van der Waals surface area contributed by atoms with Gasteiger partial charge in [0.2, 0.25) is 5.91 Å². The van der Waals surface area contributed by atoms with Gasteiger partial charge in [-0.25, -0.2) is 4.98 Å². The van der Waals surface area contributed by atoms with Gasteiger partial charge >= 0.3 is 0 Å². The highest BCUT2D eigenvalue weighted by Gasteiger charge is 2.23. The molecular weight excluding hydrogens is 430 g/mol. The summed E-state index contributed by atoms with van der Waals surface area (Å²) in [5.74, 6) is 0.793. The van der Waals surface area contributed by atoms with Crippen LogP contribution in [0.4, 0.5) is 0 Å². The van der Waals surface area contributed by atoms with E-state index in [-0.39, 0.29) is 23.3 Å². The maximum atomic E-state index is 13.8. The zero-order valence-corrected chi connectivity index (χ0v) is 19.7. The first kappa shape index (κ1) is 21.9. The van der Waals surface area contributed by atoms with Crippen LogP contribution in [0.25, 0.3) is 15.9 Å². The first-order valence-corrected chi connectivity index (χ1v) is 12.4. The number of nitrogens with zero attached hydrogens (tertiary/aromatic N) is 2. The van der Waals surface area contributed by atoms with Gasteiger partial charge < -0.3 is 10.1 Å². The number of nitrogens with one attached hydrogen (secondary N) is 1. The minimum atomic E-state index is -0.0755. The Morgan fingerprint density at radius 2 is 2.10 bits per heavy atom. The monoisotopic (exact) mass is 457 g/mol. The molecule has 6 nitrogen and oxygen atoms in total. The lowest BCUT2D eigenvalue weighted by atomic mass is 10.1. The molecule has 1 aliphatic carbocycles. The number of carbonyl (C=O) groups excluding carboxylic acids is 1. The van der Waals surface area contributed by atoms with Crippen molar-refractivity contribution < 1.29 is 9.53 Å². The van der Waals surface area contributed by atoms with Gasteiger partial charge in [0.25, 0.3) is 5.56 Å². The minimum absolute atomic E-state index is 0.0654.